The summed E-state index contributed by atoms with van der Waals surface area (Å²) < 4.78 is 0. The van der Waals surface area contributed by atoms with Gasteiger partial charge in [-0.3, -0.25) is 0 Å². The number of likely N-dealkylation sites (N-methyl/N-ethyl adjacent to an activating group) is 1. The Balaban J connectivity index is 1.83. The molecule has 4 atom stereocenters. The molecule has 2 N–H and O–H groups in total. The summed E-state index contributed by atoms with van der Waals surface area (Å²) in [4.78, 5) is 5.13. The van der Waals surface area contributed by atoms with E-state index in [1.165, 1.54) is 58.3 Å². The maximum Gasteiger partial charge on any atom is 0.0192 e. The van der Waals surface area contributed by atoms with Gasteiger partial charge in [-0.1, -0.05) is 19.8 Å². The lowest BCUT2D eigenvalue weighted by Gasteiger charge is -2.42. The summed E-state index contributed by atoms with van der Waals surface area (Å²) in [6.07, 6.45) is 6.72. The zero-order valence-corrected chi connectivity index (χ0v) is 13.1. The van der Waals surface area contributed by atoms with Crippen LogP contribution in [-0.2, 0) is 0 Å². The van der Waals surface area contributed by atoms with Gasteiger partial charge >= 0.3 is 0 Å². The Bertz CT molecular complexity index is 269. The van der Waals surface area contributed by atoms with Gasteiger partial charge in [-0.05, 0) is 45.1 Å². The van der Waals surface area contributed by atoms with Crippen LogP contribution in [0.15, 0.2) is 0 Å². The second-order valence-corrected chi connectivity index (χ2v) is 6.98. The van der Waals surface area contributed by atoms with Crippen LogP contribution in [0.4, 0.5) is 0 Å². The molecule has 3 heteroatoms. The van der Waals surface area contributed by atoms with Crippen LogP contribution in [0.25, 0.3) is 0 Å². The maximum atomic E-state index is 6.38. The highest BCUT2D eigenvalue weighted by Crippen LogP contribution is 2.32. The number of rotatable bonds is 4. The number of piperazine rings is 1. The van der Waals surface area contributed by atoms with Crippen molar-refractivity contribution >= 4 is 0 Å². The van der Waals surface area contributed by atoms with Crippen molar-refractivity contribution in [1.82, 2.24) is 9.80 Å². The Morgan fingerprint density at radius 2 is 2.00 bits per heavy atom. The molecule has 2 aliphatic rings. The van der Waals surface area contributed by atoms with Gasteiger partial charge in [0, 0.05) is 38.3 Å². The minimum Gasteiger partial charge on any atom is -0.327 e. The van der Waals surface area contributed by atoms with Crippen molar-refractivity contribution < 1.29 is 0 Å². The Labute approximate surface area is 119 Å². The average molecular weight is 267 g/mol. The molecule has 3 nitrogen and oxygen atoms in total. The summed E-state index contributed by atoms with van der Waals surface area (Å²) in [5.74, 6) is 1.68. The minimum atomic E-state index is 0.447. The maximum absolute atomic E-state index is 6.38. The Hall–Kier alpha value is -0.120. The second-order valence-electron chi connectivity index (χ2n) is 6.98. The van der Waals surface area contributed by atoms with E-state index in [0.717, 1.165) is 11.8 Å². The van der Waals surface area contributed by atoms with Crippen molar-refractivity contribution in [2.45, 2.75) is 58.0 Å². The normalized spacial score (nSPS) is 38.5. The fraction of sp³-hybridized carbons (Fsp3) is 1.00. The van der Waals surface area contributed by atoms with E-state index in [4.69, 9.17) is 5.73 Å². The molecule has 1 aliphatic carbocycles. The topological polar surface area (TPSA) is 32.5 Å². The Morgan fingerprint density at radius 3 is 2.68 bits per heavy atom. The van der Waals surface area contributed by atoms with E-state index in [2.05, 4.69) is 30.7 Å². The van der Waals surface area contributed by atoms with Crippen LogP contribution in [0.5, 0.6) is 0 Å². The molecule has 0 spiro atoms. The monoisotopic (exact) mass is 267 g/mol. The molecular formula is C16H33N3. The highest BCUT2D eigenvalue weighted by molar-refractivity contribution is 4.86. The quantitative estimate of drug-likeness (QED) is 0.847. The summed E-state index contributed by atoms with van der Waals surface area (Å²) in [6, 6.07) is 1.14. The molecule has 0 aromatic rings. The predicted octanol–water partition coefficient (Wildman–Crippen LogP) is 2.17. The lowest BCUT2D eigenvalue weighted by molar-refractivity contribution is 0.0745. The van der Waals surface area contributed by atoms with E-state index in [1.807, 2.05) is 0 Å². The van der Waals surface area contributed by atoms with Crippen LogP contribution in [0, 0.1) is 11.8 Å². The number of nitrogens with zero attached hydrogens (tertiary/aromatic N) is 2. The summed E-state index contributed by atoms with van der Waals surface area (Å²) in [6.45, 7) is 9.54. The van der Waals surface area contributed by atoms with E-state index < -0.39 is 0 Å². The van der Waals surface area contributed by atoms with Crippen molar-refractivity contribution in [3.05, 3.63) is 0 Å². The van der Waals surface area contributed by atoms with Crippen molar-refractivity contribution in [3.8, 4) is 0 Å². The van der Waals surface area contributed by atoms with Crippen LogP contribution in [-0.4, -0.2) is 55.1 Å². The van der Waals surface area contributed by atoms with Crippen LogP contribution < -0.4 is 5.73 Å². The van der Waals surface area contributed by atoms with Crippen LogP contribution in [0.3, 0.4) is 0 Å². The first-order chi connectivity index (χ1) is 9.10. The third-order valence-electron chi connectivity index (χ3n) is 5.38. The average Bonchev–Trinajstić information content (AvgIpc) is 2.38. The summed E-state index contributed by atoms with van der Waals surface area (Å²) >= 11 is 0. The number of hydrogen-bond donors (Lipinski definition) is 1. The molecule has 112 valence electrons. The van der Waals surface area contributed by atoms with E-state index in [0.29, 0.717) is 12.1 Å². The molecule has 4 unspecified atom stereocenters. The Kier molecular flexibility index (Phi) is 5.67. The molecule has 0 aromatic heterocycles. The Morgan fingerprint density at radius 1 is 1.21 bits per heavy atom. The van der Waals surface area contributed by atoms with Crippen molar-refractivity contribution in [2.24, 2.45) is 17.6 Å². The van der Waals surface area contributed by atoms with E-state index in [9.17, 15) is 0 Å². The van der Waals surface area contributed by atoms with Gasteiger partial charge in [0.2, 0.25) is 0 Å². The highest BCUT2D eigenvalue weighted by Gasteiger charge is 2.30. The fourth-order valence-corrected chi connectivity index (χ4v) is 3.89. The van der Waals surface area contributed by atoms with Crippen LogP contribution in [0.2, 0.25) is 0 Å². The van der Waals surface area contributed by atoms with Crippen LogP contribution in [0.1, 0.15) is 46.0 Å². The molecule has 0 bridgehead atoms. The van der Waals surface area contributed by atoms with E-state index >= 15 is 0 Å². The lowest BCUT2D eigenvalue weighted by atomic mass is 9.76. The molecule has 19 heavy (non-hydrogen) atoms. The first kappa shape index (κ1) is 15.3. The number of nitrogens with two attached hydrogens (primary N) is 1. The first-order valence-corrected chi connectivity index (χ1v) is 8.28. The van der Waals surface area contributed by atoms with Crippen molar-refractivity contribution in [3.63, 3.8) is 0 Å². The molecule has 1 saturated heterocycles. The molecular weight excluding hydrogens is 234 g/mol. The highest BCUT2D eigenvalue weighted by atomic mass is 15.3. The van der Waals surface area contributed by atoms with Crippen molar-refractivity contribution in [2.75, 3.05) is 33.2 Å². The van der Waals surface area contributed by atoms with Gasteiger partial charge in [0.1, 0.15) is 0 Å². The van der Waals surface area contributed by atoms with E-state index in [-0.39, 0.29) is 0 Å². The third-order valence-corrected chi connectivity index (χ3v) is 5.38. The summed E-state index contributed by atoms with van der Waals surface area (Å²) in [7, 11) is 2.24. The smallest absolute Gasteiger partial charge is 0.0192 e. The fourth-order valence-electron chi connectivity index (χ4n) is 3.89. The van der Waals surface area contributed by atoms with E-state index in [1.54, 1.807) is 0 Å². The molecule has 0 aromatic carbocycles. The SMILES string of the molecule is CCCC1CCC(N)C(CN2CCN(C)C(C)C2)C1. The van der Waals surface area contributed by atoms with Gasteiger partial charge < -0.3 is 15.5 Å². The summed E-state index contributed by atoms with van der Waals surface area (Å²) in [5, 5.41) is 0. The second kappa shape index (κ2) is 7.05. The van der Waals surface area contributed by atoms with Gasteiger partial charge in [0.15, 0.2) is 0 Å². The van der Waals surface area contributed by atoms with Gasteiger partial charge in [0.05, 0.1) is 0 Å². The molecule has 1 saturated carbocycles. The van der Waals surface area contributed by atoms with Crippen LogP contribution >= 0.6 is 0 Å². The first-order valence-electron chi connectivity index (χ1n) is 8.28. The molecule has 1 heterocycles. The zero-order chi connectivity index (χ0) is 13.8. The molecule has 0 radical (unpaired) electrons. The molecule has 2 fully saturated rings. The molecule has 1 aliphatic heterocycles. The van der Waals surface area contributed by atoms with Crippen molar-refractivity contribution in [1.29, 1.82) is 0 Å². The lowest BCUT2D eigenvalue weighted by Crippen LogP contribution is -2.53. The van der Waals surface area contributed by atoms with Gasteiger partial charge in [0.25, 0.3) is 0 Å². The van der Waals surface area contributed by atoms with Gasteiger partial charge in [-0.2, -0.15) is 0 Å². The molecule has 2 rings (SSSR count). The predicted molar refractivity (Wildman–Crippen MR) is 82.2 cm³/mol. The zero-order valence-electron chi connectivity index (χ0n) is 13.1. The van der Waals surface area contributed by atoms with Gasteiger partial charge in [-0.15, -0.1) is 0 Å². The standard InChI is InChI=1S/C16H33N3/c1-4-5-14-6-7-16(17)15(10-14)12-19-9-8-18(3)13(2)11-19/h13-16H,4-12,17H2,1-3H3. The largest absolute Gasteiger partial charge is 0.327 e. The molecule has 0 amide bonds. The number of hydrogen-bond acceptors (Lipinski definition) is 3. The summed E-state index contributed by atoms with van der Waals surface area (Å²) in [5.41, 5.74) is 6.38. The van der Waals surface area contributed by atoms with Gasteiger partial charge in [-0.25, -0.2) is 0 Å². The minimum absolute atomic E-state index is 0.447. The third kappa shape index (κ3) is 4.17.